The average molecular weight is 244 g/mol. The normalized spacial score (nSPS) is 11.3. The molecule has 3 aromatic rings. The molecule has 3 rings (SSSR count). The number of nitrogens with zero attached hydrogens (tertiary/aromatic N) is 5. The molecule has 0 aliphatic carbocycles. The Morgan fingerprint density at radius 1 is 1.35 bits per heavy atom. The number of hydrogen-bond donors (Lipinski definition) is 1. The molecule has 6 nitrogen and oxygen atoms in total. The van der Waals surface area contributed by atoms with Gasteiger partial charge in [-0.2, -0.15) is 9.62 Å². The largest absolute Gasteiger partial charge is 0.260 e. The van der Waals surface area contributed by atoms with Crippen LogP contribution in [0.15, 0.2) is 41.1 Å². The van der Waals surface area contributed by atoms with Crippen molar-refractivity contribution in [3.05, 3.63) is 40.8 Å². The zero-order chi connectivity index (χ0) is 11.5. The minimum absolute atomic E-state index is 0.644. The van der Waals surface area contributed by atoms with Crippen LogP contribution in [0.5, 0.6) is 0 Å². The van der Waals surface area contributed by atoms with E-state index in [0.717, 1.165) is 4.88 Å². The van der Waals surface area contributed by atoms with E-state index in [1.165, 1.54) is 0 Å². The number of anilines is 1. The first-order valence-electron chi connectivity index (χ1n) is 4.91. The van der Waals surface area contributed by atoms with Gasteiger partial charge in [-0.1, -0.05) is 6.07 Å². The van der Waals surface area contributed by atoms with Crippen LogP contribution in [0.4, 0.5) is 5.82 Å². The zero-order valence-corrected chi connectivity index (χ0v) is 9.50. The lowest BCUT2D eigenvalue weighted by atomic mass is 10.5. The summed E-state index contributed by atoms with van der Waals surface area (Å²) in [6.07, 6.45) is 3.30. The fourth-order valence-electron chi connectivity index (χ4n) is 1.31. The van der Waals surface area contributed by atoms with E-state index in [4.69, 9.17) is 0 Å². The van der Waals surface area contributed by atoms with Crippen molar-refractivity contribution in [2.75, 3.05) is 5.43 Å². The van der Waals surface area contributed by atoms with Crippen molar-refractivity contribution in [3.63, 3.8) is 0 Å². The maximum atomic E-state index is 4.22. The SMILES string of the molecule is C(=N\Nc1ccc2nncn2n1)/c1cccs1. The van der Waals surface area contributed by atoms with Crippen molar-refractivity contribution in [2.24, 2.45) is 5.10 Å². The fraction of sp³-hybridized carbons (Fsp3) is 0. The second-order valence-electron chi connectivity index (χ2n) is 3.24. The van der Waals surface area contributed by atoms with Crippen LogP contribution in [-0.2, 0) is 0 Å². The van der Waals surface area contributed by atoms with Gasteiger partial charge < -0.3 is 0 Å². The molecular formula is C10H8N6S. The summed E-state index contributed by atoms with van der Waals surface area (Å²) in [4.78, 5) is 1.09. The molecule has 0 bridgehead atoms. The van der Waals surface area contributed by atoms with Crippen LogP contribution in [-0.4, -0.2) is 26.0 Å². The summed E-state index contributed by atoms with van der Waals surface area (Å²) < 4.78 is 1.59. The summed E-state index contributed by atoms with van der Waals surface area (Å²) in [7, 11) is 0. The number of aromatic nitrogens is 4. The maximum Gasteiger partial charge on any atom is 0.177 e. The van der Waals surface area contributed by atoms with E-state index in [9.17, 15) is 0 Å². The van der Waals surface area contributed by atoms with Gasteiger partial charge in [-0.3, -0.25) is 5.43 Å². The van der Waals surface area contributed by atoms with Crippen LogP contribution >= 0.6 is 11.3 Å². The molecule has 0 spiro atoms. The summed E-state index contributed by atoms with van der Waals surface area (Å²) in [6.45, 7) is 0. The number of hydrogen-bond acceptors (Lipinski definition) is 6. The second kappa shape index (κ2) is 4.30. The molecule has 0 atom stereocenters. The maximum absolute atomic E-state index is 4.22. The summed E-state index contributed by atoms with van der Waals surface area (Å²) >= 11 is 1.63. The minimum atomic E-state index is 0.644. The van der Waals surface area contributed by atoms with E-state index < -0.39 is 0 Å². The van der Waals surface area contributed by atoms with E-state index >= 15 is 0 Å². The van der Waals surface area contributed by atoms with Crippen molar-refractivity contribution in [3.8, 4) is 0 Å². The first-order valence-corrected chi connectivity index (χ1v) is 5.79. The molecule has 0 aromatic carbocycles. The molecule has 3 heterocycles. The van der Waals surface area contributed by atoms with Crippen molar-refractivity contribution in [1.82, 2.24) is 19.8 Å². The first-order chi connectivity index (χ1) is 8.42. The topological polar surface area (TPSA) is 67.5 Å². The van der Waals surface area contributed by atoms with Crippen molar-refractivity contribution >= 4 is 29.0 Å². The highest BCUT2D eigenvalue weighted by molar-refractivity contribution is 7.11. The van der Waals surface area contributed by atoms with Gasteiger partial charge in [-0.25, -0.2) is 0 Å². The lowest BCUT2D eigenvalue weighted by Gasteiger charge is -1.98. The second-order valence-corrected chi connectivity index (χ2v) is 4.22. The van der Waals surface area contributed by atoms with Crippen LogP contribution in [0.25, 0.3) is 5.65 Å². The minimum Gasteiger partial charge on any atom is -0.260 e. The average Bonchev–Trinajstić information content (AvgIpc) is 2.98. The summed E-state index contributed by atoms with van der Waals surface area (Å²) in [5.74, 6) is 0.644. The quantitative estimate of drug-likeness (QED) is 0.561. The van der Waals surface area contributed by atoms with Gasteiger partial charge in [-0.15, -0.1) is 26.6 Å². The predicted octanol–water partition coefficient (Wildman–Crippen LogP) is 1.63. The van der Waals surface area contributed by atoms with Gasteiger partial charge >= 0.3 is 0 Å². The van der Waals surface area contributed by atoms with Crippen LogP contribution < -0.4 is 5.43 Å². The third kappa shape index (κ3) is 2.13. The van der Waals surface area contributed by atoms with Gasteiger partial charge in [0.15, 0.2) is 11.5 Å². The Balaban J connectivity index is 1.76. The molecule has 0 aliphatic heterocycles. The molecule has 0 amide bonds. The molecule has 0 unspecified atom stereocenters. The highest BCUT2D eigenvalue weighted by Gasteiger charge is 1.97. The van der Waals surface area contributed by atoms with Gasteiger partial charge in [0.25, 0.3) is 0 Å². The lowest BCUT2D eigenvalue weighted by molar-refractivity contribution is 0.925. The summed E-state index contributed by atoms with van der Waals surface area (Å²) in [5, 5.41) is 17.9. The zero-order valence-electron chi connectivity index (χ0n) is 8.69. The van der Waals surface area contributed by atoms with E-state index in [0.29, 0.717) is 11.5 Å². The Labute approximate surface area is 101 Å². The molecule has 0 saturated carbocycles. The molecule has 84 valence electrons. The van der Waals surface area contributed by atoms with Gasteiger partial charge in [-0.05, 0) is 23.6 Å². The Morgan fingerprint density at radius 3 is 3.24 bits per heavy atom. The highest BCUT2D eigenvalue weighted by Crippen LogP contribution is 2.06. The van der Waals surface area contributed by atoms with Gasteiger partial charge in [0.05, 0.1) is 6.21 Å². The third-order valence-electron chi connectivity index (χ3n) is 2.08. The Morgan fingerprint density at radius 2 is 2.35 bits per heavy atom. The highest BCUT2D eigenvalue weighted by atomic mass is 32.1. The molecule has 7 heteroatoms. The third-order valence-corrected chi connectivity index (χ3v) is 2.88. The molecule has 0 aliphatic rings. The van der Waals surface area contributed by atoms with Crippen LogP contribution in [0.2, 0.25) is 0 Å². The monoisotopic (exact) mass is 244 g/mol. The Bertz CT molecular complexity index is 642. The van der Waals surface area contributed by atoms with Gasteiger partial charge in [0.2, 0.25) is 0 Å². The van der Waals surface area contributed by atoms with Gasteiger partial charge in [0.1, 0.15) is 6.33 Å². The molecule has 1 N–H and O–H groups in total. The molecule has 0 fully saturated rings. The number of rotatable bonds is 3. The molecule has 0 radical (unpaired) electrons. The smallest absolute Gasteiger partial charge is 0.177 e. The van der Waals surface area contributed by atoms with E-state index in [1.54, 1.807) is 34.5 Å². The van der Waals surface area contributed by atoms with Crippen LogP contribution in [0.3, 0.4) is 0 Å². The Kier molecular flexibility index (Phi) is 2.51. The fourth-order valence-corrected chi connectivity index (χ4v) is 1.90. The lowest BCUT2D eigenvalue weighted by Crippen LogP contribution is -1.97. The molecule has 17 heavy (non-hydrogen) atoms. The number of fused-ring (bicyclic) bond motifs is 1. The number of nitrogens with one attached hydrogen (secondary N) is 1. The van der Waals surface area contributed by atoms with Crippen molar-refractivity contribution in [2.45, 2.75) is 0 Å². The summed E-state index contributed by atoms with van der Waals surface area (Å²) in [5.41, 5.74) is 3.56. The number of hydrazone groups is 1. The van der Waals surface area contributed by atoms with E-state index in [2.05, 4.69) is 25.8 Å². The summed E-state index contributed by atoms with van der Waals surface area (Å²) in [6, 6.07) is 7.60. The molecule has 0 saturated heterocycles. The molecular weight excluding hydrogens is 236 g/mol. The standard InChI is InChI=1S/C10H8N6S/c1-2-8(17-5-1)6-11-13-9-3-4-10-14-12-7-16(10)15-9/h1-7H,(H,13,15)/b11-6+. The van der Waals surface area contributed by atoms with E-state index in [1.807, 2.05) is 23.6 Å². The number of thiophene rings is 1. The van der Waals surface area contributed by atoms with Crippen LogP contribution in [0, 0.1) is 0 Å². The first kappa shape index (κ1) is 9.91. The Hall–Kier alpha value is -2.28. The van der Waals surface area contributed by atoms with E-state index in [-0.39, 0.29) is 0 Å². The van der Waals surface area contributed by atoms with Crippen LogP contribution in [0.1, 0.15) is 4.88 Å². The van der Waals surface area contributed by atoms with Crippen molar-refractivity contribution < 1.29 is 0 Å². The van der Waals surface area contributed by atoms with Gasteiger partial charge in [0, 0.05) is 4.88 Å². The predicted molar refractivity (Wildman–Crippen MR) is 66.3 cm³/mol. The molecule has 3 aromatic heterocycles. The van der Waals surface area contributed by atoms with Crippen molar-refractivity contribution in [1.29, 1.82) is 0 Å².